The van der Waals surface area contributed by atoms with Crippen LogP contribution in [0, 0.1) is 5.82 Å². The summed E-state index contributed by atoms with van der Waals surface area (Å²) in [6, 6.07) is 7.92. The summed E-state index contributed by atoms with van der Waals surface area (Å²) in [6.07, 6.45) is 2.47. The van der Waals surface area contributed by atoms with E-state index in [4.69, 9.17) is 4.42 Å². The zero-order valence-electron chi connectivity index (χ0n) is 11.6. The van der Waals surface area contributed by atoms with Gasteiger partial charge >= 0.3 is 5.97 Å². The number of rotatable bonds is 4. The van der Waals surface area contributed by atoms with Crippen LogP contribution in [0.3, 0.4) is 0 Å². The van der Waals surface area contributed by atoms with Gasteiger partial charge in [-0.05, 0) is 36.1 Å². The van der Waals surface area contributed by atoms with Crippen molar-refractivity contribution in [3.8, 4) is 10.4 Å². The molecule has 1 N–H and O–H groups in total. The lowest BCUT2D eigenvalue weighted by Gasteiger charge is -2.23. The normalized spacial score (nSPS) is 13.7. The summed E-state index contributed by atoms with van der Waals surface area (Å²) in [5, 5.41) is 11.5. The average Bonchev–Trinajstić information content (AvgIpc) is 3.20. The van der Waals surface area contributed by atoms with Crippen LogP contribution in [0.4, 0.5) is 4.39 Å². The molecule has 3 aromatic rings. The Morgan fingerprint density at radius 1 is 1.41 bits per heavy atom. The van der Waals surface area contributed by atoms with E-state index in [9.17, 15) is 14.3 Å². The second-order valence-electron chi connectivity index (χ2n) is 4.98. The molecule has 1 atom stereocenters. The Labute approximate surface area is 129 Å². The van der Waals surface area contributed by atoms with Crippen molar-refractivity contribution in [1.29, 1.82) is 0 Å². The number of nitrogens with zero attached hydrogens (tertiary/aromatic N) is 1. The largest absolute Gasteiger partial charge is 0.480 e. The van der Waals surface area contributed by atoms with Gasteiger partial charge in [0.2, 0.25) is 0 Å². The van der Waals surface area contributed by atoms with Gasteiger partial charge in [-0.1, -0.05) is 12.1 Å². The number of aromatic nitrogens is 1. The van der Waals surface area contributed by atoms with Gasteiger partial charge in [-0.3, -0.25) is 4.79 Å². The van der Waals surface area contributed by atoms with E-state index in [0.29, 0.717) is 11.1 Å². The highest BCUT2D eigenvalue weighted by atomic mass is 32.1. The van der Waals surface area contributed by atoms with Crippen LogP contribution in [0.15, 0.2) is 52.8 Å². The van der Waals surface area contributed by atoms with Crippen molar-refractivity contribution < 1.29 is 18.7 Å². The van der Waals surface area contributed by atoms with Gasteiger partial charge < -0.3 is 9.52 Å². The van der Waals surface area contributed by atoms with Gasteiger partial charge in [-0.25, -0.2) is 9.37 Å². The van der Waals surface area contributed by atoms with Crippen molar-refractivity contribution in [2.45, 2.75) is 12.3 Å². The highest BCUT2D eigenvalue weighted by Crippen LogP contribution is 2.36. The van der Waals surface area contributed by atoms with Gasteiger partial charge in [0, 0.05) is 10.4 Å². The summed E-state index contributed by atoms with van der Waals surface area (Å²) < 4.78 is 19.0. The monoisotopic (exact) mass is 317 g/mol. The number of oxazole rings is 1. The Morgan fingerprint density at radius 3 is 2.82 bits per heavy atom. The molecule has 0 aliphatic rings. The molecule has 22 heavy (non-hydrogen) atoms. The zero-order valence-corrected chi connectivity index (χ0v) is 12.4. The molecule has 2 aromatic heterocycles. The van der Waals surface area contributed by atoms with Crippen molar-refractivity contribution in [3.05, 3.63) is 65.4 Å². The Balaban J connectivity index is 2.19. The highest BCUT2D eigenvalue weighted by molar-refractivity contribution is 7.13. The quantitative estimate of drug-likeness (QED) is 0.792. The minimum absolute atomic E-state index is 0.267. The fraction of sp³-hybridized carbons (Fsp3) is 0.125. The number of carboxylic acid groups (broad SMARTS) is 1. The van der Waals surface area contributed by atoms with Crippen molar-refractivity contribution in [1.82, 2.24) is 4.98 Å². The van der Waals surface area contributed by atoms with Crippen molar-refractivity contribution in [2.24, 2.45) is 0 Å². The minimum Gasteiger partial charge on any atom is -0.480 e. The molecule has 4 nitrogen and oxygen atoms in total. The van der Waals surface area contributed by atoms with E-state index < -0.39 is 11.4 Å². The molecule has 0 saturated heterocycles. The number of aliphatic carboxylic acids is 1. The van der Waals surface area contributed by atoms with E-state index in [1.807, 2.05) is 11.4 Å². The third-order valence-corrected chi connectivity index (χ3v) is 4.61. The second kappa shape index (κ2) is 5.38. The number of benzene rings is 1. The number of carbonyl (C=O) groups is 1. The van der Waals surface area contributed by atoms with E-state index in [-0.39, 0.29) is 11.5 Å². The third-order valence-electron chi connectivity index (χ3n) is 3.70. The highest BCUT2D eigenvalue weighted by Gasteiger charge is 2.40. The van der Waals surface area contributed by atoms with Crippen molar-refractivity contribution in [2.75, 3.05) is 0 Å². The molecule has 0 bridgehead atoms. The maximum absolute atomic E-state index is 14.1. The van der Waals surface area contributed by atoms with Crippen LogP contribution in [0.2, 0.25) is 0 Å². The lowest BCUT2D eigenvalue weighted by molar-refractivity contribution is -0.141. The Hall–Kier alpha value is -2.47. The molecule has 0 amide bonds. The summed E-state index contributed by atoms with van der Waals surface area (Å²) >= 11 is 1.39. The number of hydrogen-bond acceptors (Lipinski definition) is 4. The molecule has 0 radical (unpaired) electrons. The molecule has 2 heterocycles. The van der Waals surface area contributed by atoms with E-state index in [2.05, 4.69) is 4.98 Å². The Kier molecular flexibility index (Phi) is 3.54. The molecule has 1 unspecified atom stereocenters. The average molecular weight is 317 g/mol. The van der Waals surface area contributed by atoms with E-state index in [0.717, 1.165) is 4.88 Å². The van der Waals surface area contributed by atoms with Crippen molar-refractivity contribution >= 4 is 17.3 Å². The molecule has 0 aliphatic carbocycles. The van der Waals surface area contributed by atoms with Crippen LogP contribution in [0.25, 0.3) is 10.4 Å². The molecule has 0 aliphatic heterocycles. The van der Waals surface area contributed by atoms with Gasteiger partial charge in [0.25, 0.3) is 0 Å². The van der Waals surface area contributed by atoms with Crippen LogP contribution in [0.5, 0.6) is 0 Å². The van der Waals surface area contributed by atoms with Crippen LogP contribution < -0.4 is 0 Å². The Morgan fingerprint density at radius 2 is 2.23 bits per heavy atom. The molecule has 6 heteroatoms. The van der Waals surface area contributed by atoms with Gasteiger partial charge in [-0.2, -0.15) is 0 Å². The first-order valence-corrected chi connectivity index (χ1v) is 7.37. The number of carboxylic acids is 1. The van der Waals surface area contributed by atoms with Crippen LogP contribution in [-0.2, 0) is 10.2 Å². The summed E-state index contributed by atoms with van der Waals surface area (Å²) in [5.74, 6) is -1.47. The summed E-state index contributed by atoms with van der Waals surface area (Å²) in [6.45, 7) is 1.53. The topological polar surface area (TPSA) is 63.3 Å². The molecule has 112 valence electrons. The van der Waals surface area contributed by atoms with Crippen molar-refractivity contribution in [3.63, 3.8) is 0 Å². The molecule has 0 spiro atoms. The standard InChI is InChI=1S/C16H12FNO3S/c1-16(15(19)20,14-8-21-9-18-14)10-4-5-12(17)11(7-10)13-3-2-6-22-13/h2-9H,1H3,(H,19,20). The molecule has 0 fully saturated rings. The van der Waals surface area contributed by atoms with Crippen LogP contribution in [-0.4, -0.2) is 16.1 Å². The van der Waals surface area contributed by atoms with Gasteiger partial charge in [0.05, 0.1) is 0 Å². The minimum atomic E-state index is -1.41. The first-order chi connectivity index (χ1) is 10.5. The first-order valence-electron chi connectivity index (χ1n) is 6.49. The van der Waals surface area contributed by atoms with E-state index in [1.54, 1.807) is 12.1 Å². The lowest BCUT2D eigenvalue weighted by atomic mass is 9.79. The fourth-order valence-corrected chi connectivity index (χ4v) is 3.04. The van der Waals surface area contributed by atoms with E-state index in [1.165, 1.54) is 43.1 Å². The zero-order chi connectivity index (χ0) is 15.7. The second-order valence-corrected chi connectivity index (χ2v) is 5.92. The number of hydrogen-bond donors (Lipinski definition) is 1. The molecule has 3 rings (SSSR count). The van der Waals surface area contributed by atoms with Gasteiger partial charge in [0.1, 0.15) is 23.2 Å². The molecular weight excluding hydrogens is 305 g/mol. The third kappa shape index (κ3) is 2.21. The SMILES string of the molecule is CC(C(=O)O)(c1ccc(F)c(-c2cccs2)c1)c1cocn1. The predicted octanol–water partition coefficient (Wildman–Crippen LogP) is 3.93. The molecular formula is C16H12FNO3S. The summed E-state index contributed by atoms with van der Waals surface area (Å²) in [7, 11) is 0. The Bertz CT molecular complexity index is 799. The smallest absolute Gasteiger partial charge is 0.320 e. The maximum atomic E-state index is 14.1. The number of thiophene rings is 1. The summed E-state index contributed by atoms with van der Waals surface area (Å²) in [4.78, 5) is 16.5. The first kappa shape index (κ1) is 14.5. The van der Waals surface area contributed by atoms with Gasteiger partial charge in [-0.15, -0.1) is 11.3 Å². The predicted molar refractivity (Wildman–Crippen MR) is 80.3 cm³/mol. The summed E-state index contributed by atoms with van der Waals surface area (Å²) in [5.41, 5.74) is -0.321. The van der Waals surface area contributed by atoms with Crippen LogP contribution in [0.1, 0.15) is 18.2 Å². The fourth-order valence-electron chi connectivity index (χ4n) is 2.30. The molecule has 1 aromatic carbocycles. The van der Waals surface area contributed by atoms with Gasteiger partial charge in [0.15, 0.2) is 6.39 Å². The number of halogens is 1. The lowest BCUT2D eigenvalue weighted by Crippen LogP contribution is -2.34. The van der Waals surface area contributed by atoms with E-state index >= 15 is 0 Å². The molecule has 0 saturated carbocycles. The maximum Gasteiger partial charge on any atom is 0.320 e. The van der Waals surface area contributed by atoms with Crippen LogP contribution >= 0.6 is 11.3 Å².